The fraction of sp³-hybridized carbons (Fsp3) is 0.409. The van der Waals surface area contributed by atoms with Crippen molar-refractivity contribution in [2.24, 2.45) is 0 Å². The third kappa shape index (κ3) is 6.43. The van der Waals surface area contributed by atoms with Gasteiger partial charge >= 0.3 is 0 Å². The van der Waals surface area contributed by atoms with Gasteiger partial charge in [-0.15, -0.1) is 0 Å². The van der Waals surface area contributed by atoms with Crippen molar-refractivity contribution in [3.63, 3.8) is 0 Å². The molecular weight excluding hydrogens is 326 g/mol. The van der Waals surface area contributed by atoms with Gasteiger partial charge in [0, 0.05) is 6.54 Å². The molecule has 0 aliphatic carbocycles. The van der Waals surface area contributed by atoms with Gasteiger partial charge in [-0.1, -0.05) is 42.8 Å². The van der Waals surface area contributed by atoms with Gasteiger partial charge in [-0.2, -0.15) is 0 Å². The Kier molecular flexibility index (Phi) is 8.00. The van der Waals surface area contributed by atoms with Gasteiger partial charge in [0.05, 0.1) is 6.61 Å². The number of nitrogens with one attached hydrogen (secondary N) is 1. The Morgan fingerprint density at radius 3 is 2.58 bits per heavy atom. The topological polar surface area (TPSA) is 47.6 Å². The minimum absolute atomic E-state index is 0.0962. The summed E-state index contributed by atoms with van der Waals surface area (Å²) < 4.78 is 11.4. The molecule has 1 atom stereocenters. The van der Waals surface area contributed by atoms with Gasteiger partial charge in [0.15, 0.2) is 6.10 Å². The van der Waals surface area contributed by atoms with E-state index in [0.717, 1.165) is 37.2 Å². The van der Waals surface area contributed by atoms with Gasteiger partial charge < -0.3 is 14.8 Å². The van der Waals surface area contributed by atoms with Crippen LogP contribution in [0.25, 0.3) is 0 Å². The first kappa shape index (κ1) is 19.8. The number of hydrogen-bond acceptors (Lipinski definition) is 3. The van der Waals surface area contributed by atoms with Gasteiger partial charge in [-0.3, -0.25) is 4.79 Å². The number of para-hydroxylation sites is 1. The maximum Gasteiger partial charge on any atom is 0.260 e. The zero-order valence-corrected chi connectivity index (χ0v) is 16.0. The van der Waals surface area contributed by atoms with Crippen LogP contribution in [0.1, 0.15) is 37.8 Å². The molecule has 0 heterocycles. The fourth-order valence-corrected chi connectivity index (χ4v) is 2.57. The van der Waals surface area contributed by atoms with Crippen molar-refractivity contribution >= 4 is 5.91 Å². The van der Waals surface area contributed by atoms with Gasteiger partial charge in [0.2, 0.25) is 0 Å². The summed E-state index contributed by atoms with van der Waals surface area (Å²) in [5, 5.41) is 2.94. The fourth-order valence-electron chi connectivity index (χ4n) is 2.57. The van der Waals surface area contributed by atoms with E-state index in [4.69, 9.17) is 9.47 Å². The van der Waals surface area contributed by atoms with Crippen LogP contribution >= 0.6 is 0 Å². The van der Waals surface area contributed by atoms with Crippen LogP contribution < -0.4 is 14.8 Å². The molecule has 2 aromatic rings. The molecule has 0 saturated heterocycles. The third-order valence-electron chi connectivity index (χ3n) is 4.06. The molecule has 1 amide bonds. The highest BCUT2D eigenvalue weighted by Gasteiger charge is 2.14. The molecule has 0 aromatic heterocycles. The maximum absolute atomic E-state index is 12.2. The van der Waals surface area contributed by atoms with E-state index in [0.29, 0.717) is 12.3 Å². The lowest BCUT2D eigenvalue weighted by Gasteiger charge is -2.15. The summed E-state index contributed by atoms with van der Waals surface area (Å²) in [6, 6.07) is 15.8. The maximum atomic E-state index is 12.2. The Balaban J connectivity index is 1.73. The minimum atomic E-state index is -0.516. The lowest BCUT2D eigenvalue weighted by Crippen LogP contribution is -2.36. The lowest BCUT2D eigenvalue weighted by atomic mass is 10.1. The molecule has 0 saturated carbocycles. The molecule has 0 radical (unpaired) electrons. The zero-order chi connectivity index (χ0) is 18.8. The molecule has 2 rings (SSSR count). The molecule has 26 heavy (non-hydrogen) atoms. The first-order valence-electron chi connectivity index (χ1n) is 9.32. The monoisotopic (exact) mass is 355 g/mol. The Hall–Kier alpha value is -2.49. The molecular formula is C22H29NO3. The average molecular weight is 355 g/mol. The van der Waals surface area contributed by atoms with Gasteiger partial charge in [-0.05, 0) is 56.9 Å². The van der Waals surface area contributed by atoms with E-state index in [1.165, 1.54) is 5.56 Å². The Bertz CT molecular complexity index is 682. The molecule has 4 nitrogen and oxygen atoms in total. The van der Waals surface area contributed by atoms with E-state index < -0.39 is 6.10 Å². The van der Waals surface area contributed by atoms with E-state index in [1.807, 2.05) is 49.4 Å². The van der Waals surface area contributed by atoms with Crippen LogP contribution in [-0.2, 0) is 11.2 Å². The van der Waals surface area contributed by atoms with E-state index in [1.54, 1.807) is 6.92 Å². The van der Waals surface area contributed by atoms with Gasteiger partial charge in [0.1, 0.15) is 11.5 Å². The standard InChI is InChI=1S/C22H29NO3/c1-4-16-25-21-10-6-5-8-19(21)9-7-15-23-22(24)18(3)26-20-13-11-17(2)12-14-20/h5-6,8,10-14,18H,4,7,9,15-16H2,1-3H3,(H,23,24)/t18-/m1/s1. The molecule has 140 valence electrons. The van der Waals surface area contributed by atoms with Crippen molar-refractivity contribution in [1.29, 1.82) is 0 Å². The second kappa shape index (κ2) is 10.5. The Morgan fingerprint density at radius 1 is 1.12 bits per heavy atom. The number of carbonyl (C=O) groups is 1. The van der Waals surface area contributed by atoms with Crippen molar-refractivity contribution in [2.45, 2.75) is 46.1 Å². The predicted octanol–water partition coefficient (Wildman–Crippen LogP) is 4.30. The quantitative estimate of drug-likeness (QED) is 0.647. The molecule has 0 spiro atoms. The van der Waals surface area contributed by atoms with Gasteiger partial charge in [0.25, 0.3) is 5.91 Å². The van der Waals surface area contributed by atoms with Crippen LogP contribution in [-0.4, -0.2) is 25.2 Å². The number of ether oxygens (including phenoxy) is 2. The first-order valence-corrected chi connectivity index (χ1v) is 9.32. The third-order valence-corrected chi connectivity index (χ3v) is 4.06. The summed E-state index contributed by atoms with van der Waals surface area (Å²) in [5.41, 5.74) is 2.34. The van der Waals surface area contributed by atoms with E-state index >= 15 is 0 Å². The van der Waals surface area contributed by atoms with Crippen LogP contribution in [0.15, 0.2) is 48.5 Å². The van der Waals surface area contributed by atoms with Crippen LogP contribution in [0.2, 0.25) is 0 Å². The Morgan fingerprint density at radius 2 is 1.85 bits per heavy atom. The second-order valence-electron chi connectivity index (χ2n) is 6.42. The van der Waals surface area contributed by atoms with E-state index in [9.17, 15) is 4.79 Å². The summed E-state index contributed by atoms with van der Waals surface area (Å²) in [6.45, 7) is 7.22. The van der Waals surface area contributed by atoms with Crippen molar-refractivity contribution in [3.8, 4) is 11.5 Å². The molecule has 0 aliphatic heterocycles. The van der Waals surface area contributed by atoms with Crippen LogP contribution in [0.4, 0.5) is 0 Å². The smallest absolute Gasteiger partial charge is 0.260 e. The highest BCUT2D eigenvalue weighted by Crippen LogP contribution is 2.19. The average Bonchev–Trinajstić information content (AvgIpc) is 2.66. The largest absolute Gasteiger partial charge is 0.493 e. The minimum Gasteiger partial charge on any atom is -0.493 e. The SMILES string of the molecule is CCCOc1ccccc1CCCNC(=O)[C@@H](C)Oc1ccc(C)cc1. The second-order valence-corrected chi connectivity index (χ2v) is 6.42. The highest BCUT2D eigenvalue weighted by atomic mass is 16.5. The van der Waals surface area contributed by atoms with Crippen molar-refractivity contribution in [3.05, 3.63) is 59.7 Å². The summed E-state index contributed by atoms with van der Waals surface area (Å²) in [6.07, 6.45) is 2.20. The molecule has 0 bridgehead atoms. The van der Waals surface area contributed by atoms with Gasteiger partial charge in [-0.25, -0.2) is 0 Å². The summed E-state index contributed by atoms with van der Waals surface area (Å²) in [4.78, 5) is 12.2. The highest BCUT2D eigenvalue weighted by molar-refractivity contribution is 5.80. The van der Waals surface area contributed by atoms with Crippen LogP contribution in [0.5, 0.6) is 11.5 Å². The van der Waals surface area contributed by atoms with Crippen molar-refractivity contribution in [1.82, 2.24) is 5.32 Å². The lowest BCUT2D eigenvalue weighted by molar-refractivity contribution is -0.127. The molecule has 1 N–H and O–H groups in total. The number of carbonyl (C=O) groups excluding carboxylic acids is 1. The molecule has 2 aromatic carbocycles. The molecule has 4 heteroatoms. The summed E-state index contributed by atoms with van der Waals surface area (Å²) >= 11 is 0. The molecule has 0 unspecified atom stereocenters. The Labute approximate surface area is 156 Å². The molecule has 0 fully saturated rings. The van der Waals surface area contributed by atoms with Crippen molar-refractivity contribution in [2.75, 3.05) is 13.2 Å². The van der Waals surface area contributed by atoms with E-state index in [2.05, 4.69) is 18.3 Å². The number of aryl methyl sites for hydroxylation is 2. The molecule has 0 aliphatic rings. The predicted molar refractivity (Wildman–Crippen MR) is 105 cm³/mol. The normalized spacial score (nSPS) is 11.7. The number of amides is 1. The number of benzene rings is 2. The zero-order valence-electron chi connectivity index (χ0n) is 16.0. The van der Waals surface area contributed by atoms with Crippen LogP contribution in [0.3, 0.4) is 0 Å². The van der Waals surface area contributed by atoms with Crippen LogP contribution in [0, 0.1) is 6.92 Å². The van der Waals surface area contributed by atoms with Crippen molar-refractivity contribution < 1.29 is 14.3 Å². The number of rotatable bonds is 10. The van der Waals surface area contributed by atoms with E-state index in [-0.39, 0.29) is 5.91 Å². The summed E-state index contributed by atoms with van der Waals surface area (Å²) in [5.74, 6) is 1.55. The first-order chi connectivity index (χ1) is 12.6. The summed E-state index contributed by atoms with van der Waals surface area (Å²) in [7, 11) is 0. The number of hydrogen-bond donors (Lipinski definition) is 1.